The van der Waals surface area contributed by atoms with Crippen molar-refractivity contribution < 1.29 is 0 Å². The molecule has 0 radical (unpaired) electrons. The molecule has 19 heavy (non-hydrogen) atoms. The summed E-state index contributed by atoms with van der Waals surface area (Å²) in [4.78, 5) is 0. The molecular formula is C15H12BrClN2. The van der Waals surface area contributed by atoms with Crippen LogP contribution in [-0.2, 0) is 0 Å². The molecule has 2 nitrogen and oxygen atoms in total. The quantitative estimate of drug-likeness (QED) is 0.848. The number of nitriles is 1. The third-order valence-electron chi connectivity index (χ3n) is 2.73. The first-order valence-electron chi connectivity index (χ1n) is 5.78. The number of aryl methyl sites for hydroxylation is 1. The summed E-state index contributed by atoms with van der Waals surface area (Å²) in [5, 5.41) is 13.2. The van der Waals surface area contributed by atoms with Gasteiger partial charge in [0, 0.05) is 20.7 Å². The molecule has 1 unspecified atom stereocenters. The summed E-state index contributed by atoms with van der Waals surface area (Å²) in [6.07, 6.45) is 0. The maximum Gasteiger partial charge on any atom is 0.141 e. The standard InChI is InChI=1S/C15H12BrClN2/c1-10-3-2-4-12(7-10)19-15(9-18)13-6-5-11(17)8-14(13)16/h2-8,15,19H,1H3. The van der Waals surface area contributed by atoms with Crippen molar-refractivity contribution in [1.82, 2.24) is 0 Å². The highest BCUT2D eigenvalue weighted by Crippen LogP contribution is 2.28. The van der Waals surface area contributed by atoms with E-state index >= 15 is 0 Å². The zero-order valence-corrected chi connectivity index (χ0v) is 12.7. The van der Waals surface area contributed by atoms with E-state index in [2.05, 4.69) is 27.3 Å². The molecule has 0 amide bonds. The van der Waals surface area contributed by atoms with Crippen LogP contribution >= 0.6 is 27.5 Å². The molecule has 0 aliphatic rings. The van der Waals surface area contributed by atoms with E-state index in [4.69, 9.17) is 11.6 Å². The molecule has 2 aromatic carbocycles. The third-order valence-corrected chi connectivity index (χ3v) is 3.65. The van der Waals surface area contributed by atoms with Gasteiger partial charge in [-0.25, -0.2) is 0 Å². The molecule has 4 heteroatoms. The molecule has 0 aliphatic heterocycles. The summed E-state index contributed by atoms with van der Waals surface area (Å²) in [6, 6.07) is 15.2. The molecule has 0 saturated carbocycles. The summed E-state index contributed by atoms with van der Waals surface area (Å²) in [7, 11) is 0. The Labute approximate surface area is 126 Å². The molecule has 0 bridgehead atoms. The van der Waals surface area contributed by atoms with Crippen molar-refractivity contribution in [3.8, 4) is 6.07 Å². The van der Waals surface area contributed by atoms with Crippen LogP contribution in [0.25, 0.3) is 0 Å². The second-order valence-corrected chi connectivity index (χ2v) is 5.53. The highest BCUT2D eigenvalue weighted by Gasteiger charge is 2.14. The highest BCUT2D eigenvalue weighted by molar-refractivity contribution is 9.10. The van der Waals surface area contributed by atoms with Crippen LogP contribution in [0.1, 0.15) is 17.2 Å². The van der Waals surface area contributed by atoms with E-state index in [1.165, 1.54) is 0 Å². The molecule has 0 spiro atoms. The number of benzene rings is 2. The SMILES string of the molecule is Cc1cccc(NC(C#N)c2ccc(Cl)cc2Br)c1. The van der Waals surface area contributed by atoms with Gasteiger partial charge in [-0.2, -0.15) is 5.26 Å². The number of hydrogen-bond donors (Lipinski definition) is 1. The molecule has 0 fully saturated rings. The molecule has 1 atom stereocenters. The van der Waals surface area contributed by atoms with Gasteiger partial charge < -0.3 is 5.32 Å². The fourth-order valence-electron chi connectivity index (χ4n) is 1.82. The van der Waals surface area contributed by atoms with Gasteiger partial charge in [-0.05, 0) is 36.8 Å². The van der Waals surface area contributed by atoms with Crippen molar-refractivity contribution in [1.29, 1.82) is 5.26 Å². The zero-order valence-electron chi connectivity index (χ0n) is 10.3. The Balaban J connectivity index is 2.28. The van der Waals surface area contributed by atoms with Gasteiger partial charge in [0.05, 0.1) is 6.07 Å². The average molecular weight is 336 g/mol. The minimum Gasteiger partial charge on any atom is -0.366 e. The van der Waals surface area contributed by atoms with Crippen molar-refractivity contribution in [2.45, 2.75) is 13.0 Å². The predicted octanol–water partition coefficient (Wildman–Crippen LogP) is 5.09. The summed E-state index contributed by atoms with van der Waals surface area (Å²) in [6.45, 7) is 2.02. The van der Waals surface area contributed by atoms with Gasteiger partial charge in [-0.1, -0.05) is 45.7 Å². The Morgan fingerprint density at radius 2 is 2.05 bits per heavy atom. The van der Waals surface area contributed by atoms with E-state index in [-0.39, 0.29) is 0 Å². The van der Waals surface area contributed by atoms with Crippen LogP contribution in [0.2, 0.25) is 5.02 Å². The number of halogens is 2. The Morgan fingerprint density at radius 1 is 1.26 bits per heavy atom. The van der Waals surface area contributed by atoms with Gasteiger partial charge in [0.1, 0.15) is 6.04 Å². The Hall–Kier alpha value is -1.50. The lowest BCUT2D eigenvalue weighted by molar-refractivity contribution is 0.989. The van der Waals surface area contributed by atoms with E-state index in [1.54, 1.807) is 12.1 Å². The molecule has 2 rings (SSSR count). The van der Waals surface area contributed by atoms with Crippen LogP contribution in [0.15, 0.2) is 46.9 Å². The first-order valence-corrected chi connectivity index (χ1v) is 6.95. The Kier molecular flexibility index (Phi) is 4.47. The lowest BCUT2D eigenvalue weighted by atomic mass is 10.1. The lowest BCUT2D eigenvalue weighted by Gasteiger charge is -2.15. The summed E-state index contributed by atoms with van der Waals surface area (Å²) in [5.41, 5.74) is 2.94. The predicted molar refractivity (Wildman–Crippen MR) is 82.3 cm³/mol. The number of rotatable bonds is 3. The summed E-state index contributed by atoms with van der Waals surface area (Å²) in [5.74, 6) is 0. The monoisotopic (exact) mass is 334 g/mol. The average Bonchev–Trinajstić information content (AvgIpc) is 2.37. The summed E-state index contributed by atoms with van der Waals surface area (Å²) < 4.78 is 0.826. The second-order valence-electron chi connectivity index (χ2n) is 4.24. The van der Waals surface area contributed by atoms with Gasteiger partial charge in [-0.15, -0.1) is 0 Å². The molecule has 2 aromatic rings. The van der Waals surface area contributed by atoms with Crippen LogP contribution in [0, 0.1) is 18.3 Å². The van der Waals surface area contributed by atoms with Crippen LogP contribution in [0.4, 0.5) is 5.69 Å². The van der Waals surface area contributed by atoms with Gasteiger partial charge in [-0.3, -0.25) is 0 Å². The first kappa shape index (κ1) is 13.9. The van der Waals surface area contributed by atoms with Crippen LogP contribution in [0.5, 0.6) is 0 Å². The molecule has 0 heterocycles. The van der Waals surface area contributed by atoms with Crippen molar-refractivity contribution >= 4 is 33.2 Å². The van der Waals surface area contributed by atoms with Gasteiger partial charge in [0.2, 0.25) is 0 Å². The molecule has 0 aromatic heterocycles. The van der Waals surface area contributed by atoms with E-state index in [0.717, 1.165) is 21.3 Å². The van der Waals surface area contributed by atoms with E-state index in [0.29, 0.717) is 5.02 Å². The van der Waals surface area contributed by atoms with Crippen molar-refractivity contribution in [2.24, 2.45) is 0 Å². The lowest BCUT2D eigenvalue weighted by Crippen LogP contribution is -2.09. The third kappa shape index (κ3) is 3.50. The molecule has 1 N–H and O–H groups in total. The normalized spacial score (nSPS) is 11.7. The van der Waals surface area contributed by atoms with E-state index < -0.39 is 6.04 Å². The van der Waals surface area contributed by atoms with Crippen molar-refractivity contribution in [3.63, 3.8) is 0 Å². The fourth-order valence-corrected chi connectivity index (χ4v) is 2.73. The highest BCUT2D eigenvalue weighted by atomic mass is 79.9. The minimum absolute atomic E-state index is 0.423. The van der Waals surface area contributed by atoms with Gasteiger partial charge in [0.25, 0.3) is 0 Å². The summed E-state index contributed by atoms with van der Waals surface area (Å²) >= 11 is 9.35. The zero-order chi connectivity index (χ0) is 13.8. The Morgan fingerprint density at radius 3 is 2.68 bits per heavy atom. The Bertz CT molecular complexity index is 634. The van der Waals surface area contributed by atoms with Crippen molar-refractivity contribution in [2.75, 3.05) is 5.32 Å². The van der Waals surface area contributed by atoms with Gasteiger partial charge in [0.15, 0.2) is 0 Å². The van der Waals surface area contributed by atoms with Crippen LogP contribution < -0.4 is 5.32 Å². The van der Waals surface area contributed by atoms with Crippen LogP contribution in [0.3, 0.4) is 0 Å². The van der Waals surface area contributed by atoms with E-state index in [9.17, 15) is 5.26 Å². The van der Waals surface area contributed by atoms with Crippen molar-refractivity contribution in [3.05, 3.63) is 63.1 Å². The largest absolute Gasteiger partial charge is 0.366 e. The number of hydrogen-bond acceptors (Lipinski definition) is 2. The van der Waals surface area contributed by atoms with Crippen LogP contribution in [-0.4, -0.2) is 0 Å². The maximum absolute atomic E-state index is 9.34. The molecule has 0 aliphatic carbocycles. The smallest absolute Gasteiger partial charge is 0.141 e. The molecule has 0 saturated heterocycles. The molecular weight excluding hydrogens is 324 g/mol. The topological polar surface area (TPSA) is 35.8 Å². The maximum atomic E-state index is 9.34. The van der Waals surface area contributed by atoms with Gasteiger partial charge >= 0.3 is 0 Å². The number of anilines is 1. The van der Waals surface area contributed by atoms with E-state index in [1.807, 2.05) is 37.3 Å². The number of nitrogens with zero attached hydrogens (tertiary/aromatic N) is 1. The second kappa shape index (κ2) is 6.10. The molecule has 96 valence electrons. The first-order chi connectivity index (χ1) is 9.10. The number of nitrogens with one attached hydrogen (secondary N) is 1. The minimum atomic E-state index is -0.423. The fraction of sp³-hybridized carbons (Fsp3) is 0.133.